The molecule has 1 aromatic heterocycles. The number of hydrogen-bond acceptors (Lipinski definition) is 7. The summed E-state index contributed by atoms with van der Waals surface area (Å²) in [4.78, 5) is 23.1. The van der Waals surface area contributed by atoms with Crippen LogP contribution in [0.3, 0.4) is 0 Å². The van der Waals surface area contributed by atoms with Crippen molar-refractivity contribution in [1.82, 2.24) is 9.88 Å². The zero-order valence-electron chi connectivity index (χ0n) is 20.9. The van der Waals surface area contributed by atoms with Crippen molar-refractivity contribution in [2.24, 2.45) is 0 Å². The van der Waals surface area contributed by atoms with Gasteiger partial charge in [-0.3, -0.25) is 4.79 Å². The number of hydrogen-bond donors (Lipinski definition) is 0. The molecule has 0 saturated carbocycles. The zero-order valence-corrected chi connectivity index (χ0v) is 20.9. The van der Waals surface area contributed by atoms with Crippen LogP contribution in [0.15, 0.2) is 48.5 Å². The molecule has 2 aliphatic heterocycles. The van der Waals surface area contributed by atoms with Crippen molar-refractivity contribution in [3.05, 3.63) is 59.7 Å². The molecule has 0 aliphatic carbocycles. The number of methoxy groups -OCH3 is 2. The molecule has 190 valence electrons. The number of anilines is 1. The van der Waals surface area contributed by atoms with Crippen molar-refractivity contribution >= 4 is 22.6 Å². The molecule has 3 aromatic rings. The second-order valence-electron chi connectivity index (χ2n) is 9.15. The summed E-state index contributed by atoms with van der Waals surface area (Å²) < 4.78 is 22.5. The maximum atomic E-state index is 13.9. The molecular weight excluding hydrogens is 458 g/mol. The summed E-state index contributed by atoms with van der Waals surface area (Å²) in [5.74, 6) is 2.13. The molecule has 0 bridgehead atoms. The van der Waals surface area contributed by atoms with Crippen LogP contribution in [0.5, 0.6) is 11.5 Å². The highest BCUT2D eigenvalue weighted by Crippen LogP contribution is 2.30. The average molecular weight is 492 g/mol. The molecule has 0 radical (unpaired) electrons. The molecule has 36 heavy (non-hydrogen) atoms. The van der Waals surface area contributed by atoms with E-state index in [9.17, 15) is 4.79 Å². The summed E-state index contributed by atoms with van der Waals surface area (Å²) >= 11 is 0. The Kier molecular flexibility index (Phi) is 7.53. The molecule has 0 unspecified atom stereocenters. The van der Waals surface area contributed by atoms with Gasteiger partial charge < -0.3 is 28.7 Å². The van der Waals surface area contributed by atoms with Crippen molar-refractivity contribution in [1.29, 1.82) is 0 Å². The summed E-state index contributed by atoms with van der Waals surface area (Å²) in [5, 5.41) is 1.00. The molecular formula is C28H33N3O5. The highest BCUT2D eigenvalue weighted by atomic mass is 16.5. The number of para-hydroxylation sites is 1. The largest absolute Gasteiger partial charge is 0.497 e. The molecule has 8 nitrogen and oxygen atoms in total. The van der Waals surface area contributed by atoms with E-state index in [1.165, 1.54) is 0 Å². The molecule has 1 atom stereocenters. The lowest BCUT2D eigenvalue weighted by Gasteiger charge is -2.32. The average Bonchev–Trinajstić information content (AvgIpc) is 3.45. The van der Waals surface area contributed by atoms with Gasteiger partial charge in [-0.2, -0.15) is 0 Å². The van der Waals surface area contributed by atoms with E-state index in [1.54, 1.807) is 14.2 Å². The van der Waals surface area contributed by atoms with Crippen LogP contribution >= 0.6 is 0 Å². The number of rotatable bonds is 8. The second-order valence-corrected chi connectivity index (χ2v) is 9.15. The van der Waals surface area contributed by atoms with Gasteiger partial charge in [0.15, 0.2) is 0 Å². The predicted molar refractivity (Wildman–Crippen MR) is 138 cm³/mol. The van der Waals surface area contributed by atoms with Gasteiger partial charge in [-0.1, -0.05) is 12.1 Å². The van der Waals surface area contributed by atoms with Gasteiger partial charge in [0, 0.05) is 49.8 Å². The minimum Gasteiger partial charge on any atom is -0.497 e. The fourth-order valence-corrected chi connectivity index (χ4v) is 4.92. The molecule has 2 fully saturated rings. The lowest BCUT2D eigenvalue weighted by molar-refractivity contribution is 0.0504. The summed E-state index contributed by atoms with van der Waals surface area (Å²) in [5.41, 5.74) is 2.40. The number of benzene rings is 2. The van der Waals surface area contributed by atoms with Crippen LogP contribution in [0.1, 0.15) is 28.8 Å². The number of pyridine rings is 1. The predicted octanol–water partition coefficient (Wildman–Crippen LogP) is 3.91. The van der Waals surface area contributed by atoms with Crippen LogP contribution in [0.4, 0.5) is 5.82 Å². The summed E-state index contributed by atoms with van der Waals surface area (Å²) in [7, 11) is 3.25. The van der Waals surface area contributed by atoms with Crippen molar-refractivity contribution in [3.63, 3.8) is 0 Å². The third-order valence-corrected chi connectivity index (χ3v) is 6.83. The van der Waals surface area contributed by atoms with Gasteiger partial charge >= 0.3 is 0 Å². The minimum atomic E-state index is -0.0781. The molecule has 2 saturated heterocycles. The lowest BCUT2D eigenvalue weighted by atomic mass is 10.1. The standard InChI is InChI=1S/C28H33N3O5/c1-33-22-10-9-20-16-21(27(29-25(20)17-22)30-11-14-35-15-12-30)18-31(19-23-6-5-13-36-23)28(32)24-7-3-4-8-26(24)34-2/h3-4,7-10,16-17,23H,5-6,11-15,18-19H2,1-2H3/t23-/m1/s1. The van der Waals surface area contributed by atoms with Crippen molar-refractivity contribution in [2.45, 2.75) is 25.5 Å². The van der Waals surface area contributed by atoms with Crippen LogP contribution in [-0.4, -0.2) is 75.6 Å². The van der Waals surface area contributed by atoms with Crippen LogP contribution < -0.4 is 14.4 Å². The Labute approximate surface area is 211 Å². The highest BCUT2D eigenvalue weighted by Gasteiger charge is 2.27. The van der Waals surface area contributed by atoms with Crippen molar-refractivity contribution in [2.75, 3.05) is 58.6 Å². The fraction of sp³-hybridized carbons (Fsp3) is 0.429. The first kappa shape index (κ1) is 24.3. The van der Waals surface area contributed by atoms with Gasteiger partial charge in [-0.05, 0) is 43.2 Å². The molecule has 8 heteroatoms. The number of nitrogens with zero attached hydrogens (tertiary/aromatic N) is 3. The van der Waals surface area contributed by atoms with Gasteiger partial charge in [0.1, 0.15) is 17.3 Å². The van der Waals surface area contributed by atoms with E-state index >= 15 is 0 Å². The van der Waals surface area contributed by atoms with Crippen molar-refractivity contribution in [3.8, 4) is 11.5 Å². The van der Waals surface area contributed by atoms with E-state index in [0.29, 0.717) is 37.6 Å². The van der Waals surface area contributed by atoms with Crippen LogP contribution in [0.25, 0.3) is 10.9 Å². The number of ether oxygens (including phenoxy) is 4. The summed E-state index contributed by atoms with van der Waals surface area (Å²) in [6.45, 7) is 4.47. The number of aromatic nitrogens is 1. The quantitative estimate of drug-likeness (QED) is 0.473. The maximum Gasteiger partial charge on any atom is 0.258 e. The lowest BCUT2D eigenvalue weighted by Crippen LogP contribution is -2.40. The number of carbonyl (C=O) groups excluding carboxylic acids is 1. The Hall–Kier alpha value is -3.36. The SMILES string of the molecule is COc1ccc2cc(CN(C[C@H]3CCCO3)C(=O)c3ccccc3OC)c(N3CCOCC3)nc2c1. The number of morpholine rings is 1. The van der Waals surface area contributed by atoms with Crippen LogP contribution in [0.2, 0.25) is 0 Å². The van der Waals surface area contributed by atoms with Crippen LogP contribution in [-0.2, 0) is 16.0 Å². The maximum absolute atomic E-state index is 13.9. The van der Waals surface area contributed by atoms with E-state index < -0.39 is 0 Å². The number of fused-ring (bicyclic) bond motifs is 1. The first-order valence-corrected chi connectivity index (χ1v) is 12.5. The van der Waals surface area contributed by atoms with Gasteiger partial charge in [0.2, 0.25) is 0 Å². The first-order chi connectivity index (χ1) is 17.7. The van der Waals surface area contributed by atoms with E-state index in [-0.39, 0.29) is 12.0 Å². The van der Waals surface area contributed by atoms with Crippen molar-refractivity contribution < 1.29 is 23.7 Å². The molecule has 5 rings (SSSR count). The van der Waals surface area contributed by atoms with Gasteiger partial charge in [0.05, 0.1) is 44.6 Å². The van der Waals surface area contributed by atoms with Crippen LogP contribution in [0, 0.1) is 0 Å². The molecule has 2 aromatic carbocycles. The summed E-state index contributed by atoms with van der Waals surface area (Å²) in [6.07, 6.45) is 1.98. The van der Waals surface area contributed by atoms with Gasteiger partial charge in [0.25, 0.3) is 5.91 Å². The Balaban J connectivity index is 1.54. The van der Waals surface area contributed by atoms with E-state index in [2.05, 4.69) is 11.0 Å². The Morgan fingerprint density at radius 2 is 1.92 bits per heavy atom. The second kappa shape index (κ2) is 11.1. The van der Waals surface area contributed by atoms with Gasteiger partial charge in [-0.15, -0.1) is 0 Å². The third-order valence-electron chi connectivity index (χ3n) is 6.83. The molecule has 1 amide bonds. The Bertz CT molecular complexity index is 1210. The number of carbonyl (C=O) groups is 1. The minimum absolute atomic E-state index is 0.0215. The third kappa shape index (κ3) is 5.24. The Morgan fingerprint density at radius 1 is 1.08 bits per heavy atom. The Morgan fingerprint density at radius 3 is 2.67 bits per heavy atom. The molecule has 2 aliphatic rings. The molecule has 0 spiro atoms. The molecule has 0 N–H and O–H groups in total. The van der Waals surface area contributed by atoms with Gasteiger partial charge in [-0.25, -0.2) is 4.98 Å². The smallest absolute Gasteiger partial charge is 0.258 e. The summed E-state index contributed by atoms with van der Waals surface area (Å²) in [6, 6.07) is 15.4. The fourth-order valence-electron chi connectivity index (χ4n) is 4.92. The highest BCUT2D eigenvalue weighted by molar-refractivity contribution is 5.97. The molecule has 3 heterocycles. The zero-order chi connectivity index (χ0) is 24.9. The van der Waals surface area contributed by atoms with E-state index in [0.717, 1.165) is 60.6 Å². The monoisotopic (exact) mass is 491 g/mol. The number of amides is 1. The normalized spacial score (nSPS) is 17.8. The van der Waals surface area contributed by atoms with E-state index in [4.69, 9.17) is 23.9 Å². The first-order valence-electron chi connectivity index (χ1n) is 12.5. The topological polar surface area (TPSA) is 73.4 Å². The van der Waals surface area contributed by atoms with E-state index in [1.807, 2.05) is 47.4 Å².